The zero-order chi connectivity index (χ0) is 14.0. The van der Waals surface area contributed by atoms with Crippen LogP contribution >= 0.6 is 0 Å². The molecule has 2 nitrogen and oxygen atoms in total. The van der Waals surface area contributed by atoms with Crippen LogP contribution in [-0.4, -0.2) is 11.9 Å². The molecule has 1 aliphatic carbocycles. The molecule has 2 aliphatic heterocycles. The Morgan fingerprint density at radius 2 is 1.71 bits per heavy atom. The van der Waals surface area contributed by atoms with E-state index in [9.17, 15) is 4.79 Å². The molecule has 2 heterocycles. The average Bonchev–Trinajstić information content (AvgIpc) is 3.09. The Balaban J connectivity index is 1.77. The summed E-state index contributed by atoms with van der Waals surface area (Å²) in [6.07, 6.45) is 2.84. The van der Waals surface area contributed by atoms with Crippen LogP contribution in [0.1, 0.15) is 35.4 Å². The molecule has 3 atom stereocenters. The molecular formula is C19H17NO. The van der Waals surface area contributed by atoms with Crippen LogP contribution in [0.5, 0.6) is 0 Å². The van der Waals surface area contributed by atoms with E-state index in [2.05, 4.69) is 53.4 Å². The summed E-state index contributed by atoms with van der Waals surface area (Å²) in [7, 11) is 0. The van der Waals surface area contributed by atoms with Crippen molar-refractivity contribution in [3.05, 3.63) is 65.2 Å². The SMILES string of the molecule is O=C1CCC2C3Cc4ccccc4C3c3ccccc3N12. The molecule has 0 bridgehead atoms. The van der Waals surface area contributed by atoms with E-state index >= 15 is 0 Å². The molecule has 3 aliphatic rings. The van der Waals surface area contributed by atoms with E-state index in [1.165, 1.54) is 16.7 Å². The van der Waals surface area contributed by atoms with Crippen LogP contribution < -0.4 is 4.90 Å². The van der Waals surface area contributed by atoms with E-state index in [0.717, 1.165) is 18.5 Å². The summed E-state index contributed by atoms with van der Waals surface area (Å²) in [5, 5.41) is 0. The molecule has 0 radical (unpaired) electrons. The molecule has 1 saturated heterocycles. The van der Waals surface area contributed by atoms with Crippen molar-refractivity contribution in [2.24, 2.45) is 5.92 Å². The van der Waals surface area contributed by atoms with E-state index in [-0.39, 0.29) is 0 Å². The molecule has 21 heavy (non-hydrogen) atoms. The molecule has 2 aromatic rings. The Labute approximate surface area is 124 Å². The van der Waals surface area contributed by atoms with Gasteiger partial charge in [0.2, 0.25) is 5.91 Å². The molecule has 0 aromatic heterocycles. The summed E-state index contributed by atoms with van der Waals surface area (Å²) in [6, 6.07) is 17.7. The lowest BCUT2D eigenvalue weighted by atomic mass is 9.77. The van der Waals surface area contributed by atoms with Crippen molar-refractivity contribution in [2.75, 3.05) is 4.90 Å². The Morgan fingerprint density at radius 1 is 0.952 bits per heavy atom. The number of carbonyl (C=O) groups is 1. The number of benzene rings is 2. The molecule has 0 saturated carbocycles. The Kier molecular flexibility index (Phi) is 2.19. The number of amides is 1. The number of para-hydroxylation sites is 1. The summed E-state index contributed by atoms with van der Waals surface area (Å²) in [4.78, 5) is 14.5. The van der Waals surface area contributed by atoms with Crippen LogP contribution in [0.2, 0.25) is 0 Å². The van der Waals surface area contributed by atoms with Gasteiger partial charge >= 0.3 is 0 Å². The zero-order valence-electron chi connectivity index (χ0n) is 11.8. The Bertz CT molecular complexity index is 751. The topological polar surface area (TPSA) is 20.3 Å². The van der Waals surface area contributed by atoms with Gasteiger partial charge in [0.15, 0.2) is 0 Å². The van der Waals surface area contributed by atoms with Crippen LogP contribution in [0.4, 0.5) is 5.69 Å². The van der Waals surface area contributed by atoms with E-state index in [4.69, 9.17) is 0 Å². The first kappa shape index (κ1) is 11.6. The highest BCUT2D eigenvalue weighted by Gasteiger charge is 2.49. The normalized spacial score (nSPS) is 28.9. The summed E-state index contributed by atoms with van der Waals surface area (Å²) in [5.74, 6) is 1.34. The molecule has 2 aromatic carbocycles. The molecule has 5 rings (SSSR count). The van der Waals surface area contributed by atoms with Crippen LogP contribution in [0, 0.1) is 5.92 Å². The zero-order valence-corrected chi connectivity index (χ0v) is 11.8. The fourth-order valence-electron chi connectivity index (χ4n) is 4.78. The lowest BCUT2D eigenvalue weighted by Crippen LogP contribution is -2.44. The van der Waals surface area contributed by atoms with E-state index < -0.39 is 0 Å². The number of hydrogen-bond donors (Lipinski definition) is 0. The summed E-state index contributed by atoms with van der Waals surface area (Å²) < 4.78 is 0. The monoisotopic (exact) mass is 275 g/mol. The van der Waals surface area contributed by atoms with Crippen molar-refractivity contribution in [2.45, 2.75) is 31.2 Å². The Morgan fingerprint density at radius 3 is 2.62 bits per heavy atom. The molecule has 1 fully saturated rings. The van der Waals surface area contributed by atoms with Crippen molar-refractivity contribution in [3.63, 3.8) is 0 Å². The quantitative estimate of drug-likeness (QED) is 0.720. The summed E-state index contributed by atoms with van der Waals surface area (Å²) in [5.41, 5.74) is 5.46. The van der Waals surface area contributed by atoms with Gasteiger partial charge in [0.1, 0.15) is 0 Å². The first-order valence-electron chi connectivity index (χ1n) is 7.83. The summed E-state index contributed by atoms with van der Waals surface area (Å²) >= 11 is 0. The smallest absolute Gasteiger partial charge is 0.227 e. The highest BCUT2D eigenvalue weighted by molar-refractivity contribution is 5.98. The number of fused-ring (bicyclic) bond motifs is 8. The number of rotatable bonds is 0. The third-order valence-corrected chi connectivity index (χ3v) is 5.55. The highest BCUT2D eigenvalue weighted by atomic mass is 16.2. The van der Waals surface area contributed by atoms with E-state index in [1.54, 1.807) is 0 Å². The van der Waals surface area contributed by atoms with E-state index in [0.29, 0.717) is 30.2 Å². The van der Waals surface area contributed by atoms with Gasteiger partial charge in [-0.2, -0.15) is 0 Å². The van der Waals surface area contributed by atoms with E-state index in [1.807, 2.05) is 0 Å². The number of hydrogen-bond acceptors (Lipinski definition) is 1. The molecule has 0 N–H and O–H groups in total. The molecular weight excluding hydrogens is 258 g/mol. The fraction of sp³-hybridized carbons (Fsp3) is 0.316. The predicted molar refractivity (Wildman–Crippen MR) is 82.4 cm³/mol. The van der Waals surface area contributed by atoms with Gasteiger partial charge in [-0.1, -0.05) is 42.5 Å². The van der Waals surface area contributed by atoms with Crippen molar-refractivity contribution in [3.8, 4) is 0 Å². The molecule has 0 spiro atoms. The van der Waals surface area contributed by atoms with Gasteiger partial charge in [-0.3, -0.25) is 4.79 Å². The minimum absolute atomic E-state index is 0.307. The summed E-state index contributed by atoms with van der Waals surface area (Å²) in [6.45, 7) is 0. The first-order valence-corrected chi connectivity index (χ1v) is 7.83. The van der Waals surface area contributed by atoms with Crippen molar-refractivity contribution in [1.82, 2.24) is 0 Å². The van der Waals surface area contributed by atoms with Gasteiger partial charge in [-0.15, -0.1) is 0 Å². The standard InChI is InChI=1S/C19H17NO/c21-18-10-9-17-15-11-12-5-1-2-6-13(12)19(15)14-7-3-4-8-16(14)20(17)18/h1-8,15,17,19H,9-11H2. The second-order valence-corrected chi connectivity index (χ2v) is 6.47. The second kappa shape index (κ2) is 3.97. The third kappa shape index (κ3) is 1.40. The van der Waals surface area contributed by atoms with Crippen molar-refractivity contribution >= 4 is 11.6 Å². The van der Waals surface area contributed by atoms with Gasteiger partial charge in [-0.25, -0.2) is 0 Å². The maximum Gasteiger partial charge on any atom is 0.227 e. The minimum atomic E-state index is 0.307. The third-order valence-electron chi connectivity index (χ3n) is 5.55. The number of anilines is 1. The van der Waals surface area contributed by atoms with Crippen LogP contribution in [0.3, 0.4) is 0 Å². The van der Waals surface area contributed by atoms with Crippen LogP contribution in [0.15, 0.2) is 48.5 Å². The largest absolute Gasteiger partial charge is 0.309 e. The number of nitrogens with zero attached hydrogens (tertiary/aromatic N) is 1. The highest BCUT2D eigenvalue weighted by Crippen LogP contribution is 2.54. The lowest BCUT2D eigenvalue weighted by Gasteiger charge is -2.40. The lowest BCUT2D eigenvalue weighted by molar-refractivity contribution is -0.117. The second-order valence-electron chi connectivity index (χ2n) is 6.47. The van der Waals surface area contributed by atoms with Gasteiger partial charge in [0.05, 0.1) is 0 Å². The average molecular weight is 275 g/mol. The minimum Gasteiger partial charge on any atom is -0.309 e. The van der Waals surface area contributed by atoms with Gasteiger partial charge in [-0.05, 0) is 41.5 Å². The van der Waals surface area contributed by atoms with Crippen LogP contribution in [-0.2, 0) is 11.2 Å². The molecule has 1 amide bonds. The maximum absolute atomic E-state index is 12.4. The molecule has 3 unspecified atom stereocenters. The number of carbonyl (C=O) groups excluding carboxylic acids is 1. The van der Waals surface area contributed by atoms with Gasteiger partial charge < -0.3 is 4.90 Å². The Hall–Kier alpha value is -2.09. The van der Waals surface area contributed by atoms with Gasteiger partial charge in [0, 0.05) is 24.1 Å². The van der Waals surface area contributed by atoms with Crippen LogP contribution in [0.25, 0.3) is 0 Å². The van der Waals surface area contributed by atoms with Crippen molar-refractivity contribution < 1.29 is 4.79 Å². The maximum atomic E-state index is 12.4. The fourth-order valence-corrected chi connectivity index (χ4v) is 4.78. The predicted octanol–water partition coefficient (Wildman–Crippen LogP) is 3.50. The molecule has 104 valence electrons. The first-order chi connectivity index (χ1) is 10.3. The van der Waals surface area contributed by atoms with Gasteiger partial charge in [0.25, 0.3) is 0 Å². The van der Waals surface area contributed by atoms with Crippen molar-refractivity contribution in [1.29, 1.82) is 0 Å². The molecule has 2 heteroatoms.